The molecule has 0 fully saturated rings. The highest BCUT2D eigenvalue weighted by Gasteiger charge is 2.14. The van der Waals surface area contributed by atoms with Crippen LogP contribution in [0.1, 0.15) is 6.92 Å². The van der Waals surface area contributed by atoms with Gasteiger partial charge in [0, 0.05) is 23.2 Å². The SMILES string of the molecule is CCOc1ccc(-c2ccc(=O)n(CCNS(=O)(=O)c3cccc(Cl)c3)n2)cc1. The zero-order valence-electron chi connectivity index (χ0n) is 15.7. The third-order valence-electron chi connectivity index (χ3n) is 4.05. The van der Waals surface area contributed by atoms with Crippen molar-refractivity contribution in [1.82, 2.24) is 14.5 Å². The van der Waals surface area contributed by atoms with Crippen molar-refractivity contribution < 1.29 is 13.2 Å². The van der Waals surface area contributed by atoms with Gasteiger partial charge < -0.3 is 4.74 Å². The first-order chi connectivity index (χ1) is 13.9. The summed E-state index contributed by atoms with van der Waals surface area (Å²) in [5.74, 6) is 0.750. The Labute approximate surface area is 174 Å². The molecule has 0 unspecified atom stereocenters. The molecule has 0 atom stereocenters. The van der Waals surface area contributed by atoms with Crippen LogP contribution in [0.2, 0.25) is 5.02 Å². The zero-order valence-corrected chi connectivity index (χ0v) is 17.3. The Bertz CT molecular complexity index is 1140. The minimum absolute atomic E-state index is 0.00842. The lowest BCUT2D eigenvalue weighted by Gasteiger charge is -2.10. The van der Waals surface area contributed by atoms with E-state index in [1.54, 1.807) is 18.2 Å². The van der Waals surface area contributed by atoms with Crippen molar-refractivity contribution in [3.8, 4) is 17.0 Å². The maximum Gasteiger partial charge on any atom is 0.266 e. The number of benzene rings is 2. The maximum absolute atomic E-state index is 12.3. The molecule has 0 spiro atoms. The smallest absolute Gasteiger partial charge is 0.266 e. The number of aromatic nitrogens is 2. The Morgan fingerprint density at radius 2 is 1.86 bits per heavy atom. The molecule has 0 amide bonds. The van der Waals surface area contributed by atoms with E-state index in [4.69, 9.17) is 16.3 Å². The molecule has 9 heteroatoms. The Kier molecular flexibility index (Phi) is 6.68. The zero-order chi connectivity index (χ0) is 20.9. The molecule has 3 rings (SSSR count). The molecule has 152 valence electrons. The molecule has 0 saturated heterocycles. The third-order valence-corrected chi connectivity index (χ3v) is 5.74. The van der Waals surface area contributed by atoms with Crippen LogP contribution < -0.4 is 15.0 Å². The lowest BCUT2D eigenvalue weighted by atomic mass is 10.1. The van der Waals surface area contributed by atoms with Gasteiger partial charge in [0.05, 0.1) is 23.7 Å². The van der Waals surface area contributed by atoms with E-state index in [0.29, 0.717) is 17.3 Å². The number of sulfonamides is 1. The quantitative estimate of drug-likeness (QED) is 0.589. The summed E-state index contributed by atoms with van der Waals surface area (Å²) in [7, 11) is -3.73. The van der Waals surface area contributed by atoms with E-state index < -0.39 is 10.0 Å². The highest BCUT2D eigenvalue weighted by Crippen LogP contribution is 2.20. The second kappa shape index (κ2) is 9.21. The number of hydrogen-bond donors (Lipinski definition) is 1. The summed E-state index contributed by atoms with van der Waals surface area (Å²) in [5.41, 5.74) is 1.11. The number of rotatable bonds is 8. The van der Waals surface area contributed by atoms with Crippen molar-refractivity contribution in [2.45, 2.75) is 18.4 Å². The first kappa shape index (κ1) is 21.0. The summed E-state index contributed by atoms with van der Waals surface area (Å²) in [6.45, 7) is 2.58. The van der Waals surface area contributed by atoms with E-state index in [1.807, 2.05) is 31.2 Å². The number of nitrogens with one attached hydrogen (secondary N) is 1. The largest absolute Gasteiger partial charge is 0.494 e. The van der Waals surface area contributed by atoms with Crippen molar-refractivity contribution in [3.05, 3.63) is 76.0 Å². The fourth-order valence-corrected chi connectivity index (χ4v) is 3.98. The Morgan fingerprint density at radius 1 is 1.10 bits per heavy atom. The average Bonchev–Trinajstić information content (AvgIpc) is 2.70. The van der Waals surface area contributed by atoms with Gasteiger partial charge in [0.1, 0.15) is 5.75 Å². The van der Waals surface area contributed by atoms with Crippen LogP contribution in [-0.2, 0) is 16.6 Å². The van der Waals surface area contributed by atoms with Gasteiger partial charge in [-0.1, -0.05) is 17.7 Å². The molecule has 1 N–H and O–H groups in total. The molecule has 0 radical (unpaired) electrons. The molecule has 0 aliphatic heterocycles. The van der Waals surface area contributed by atoms with Crippen molar-refractivity contribution in [2.75, 3.05) is 13.2 Å². The second-order valence-electron chi connectivity index (χ2n) is 6.09. The van der Waals surface area contributed by atoms with Crippen LogP contribution >= 0.6 is 11.6 Å². The van der Waals surface area contributed by atoms with Gasteiger partial charge in [-0.2, -0.15) is 5.10 Å². The van der Waals surface area contributed by atoms with E-state index in [2.05, 4.69) is 9.82 Å². The fourth-order valence-electron chi connectivity index (χ4n) is 2.66. The maximum atomic E-state index is 12.3. The molecule has 3 aromatic rings. The molecular formula is C20H20ClN3O4S. The van der Waals surface area contributed by atoms with Gasteiger partial charge in [0.2, 0.25) is 10.0 Å². The predicted molar refractivity (Wildman–Crippen MR) is 112 cm³/mol. The van der Waals surface area contributed by atoms with Crippen molar-refractivity contribution >= 4 is 21.6 Å². The first-order valence-electron chi connectivity index (χ1n) is 8.96. The molecule has 1 aromatic heterocycles. The summed E-state index contributed by atoms with van der Waals surface area (Å²) in [6, 6.07) is 16.4. The number of hydrogen-bond acceptors (Lipinski definition) is 5. The summed E-state index contributed by atoms with van der Waals surface area (Å²) in [6.07, 6.45) is 0. The molecule has 0 bridgehead atoms. The van der Waals surface area contributed by atoms with Gasteiger partial charge in [-0.15, -0.1) is 0 Å². The molecule has 29 heavy (non-hydrogen) atoms. The Balaban J connectivity index is 1.71. The van der Waals surface area contributed by atoms with Gasteiger partial charge in [0.15, 0.2) is 0 Å². The molecule has 2 aromatic carbocycles. The first-order valence-corrected chi connectivity index (χ1v) is 10.8. The molecule has 0 aliphatic carbocycles. The minimum Gasteiger partial charge on any atom is -0.494 e. The lowest BCUT2D eigenvalue weighted by Crippen LogP contribution is -2.32. The molecule has 1 heterocycles. The predicted octanol–water partition coefficient (Wildman–Crippen LogP) is 2.94. The van der Waals surface area contributed by atoms with Crippen molar-refractivity contribution in [2.24, 2.45) is 0 Å². The van der Waals surface area contributed by atoms with Gasteiger partial charge in [-0.25, -0.2) is 17.8 Å². The summed E-state index contributed by atoms with van der Waals surface area (Å²) >= 11 is 5.85. The van der Waals surface area contributed by atoms with Crippen LogP contribution in [0, 0.1) is 0 Å². The van der Waals surface area contributed by atoms with E-state index >= 15 is 0 Å². The Morgan fingerprint density at radius 3 is 2.55 bits per heavy atom. The second-order valence-corrected chi connectivity index (χ2v) is 8.30. The van der Waals surface area contributed by atoms with Crippen LogP contribution in [0.4, 0.5) is 0 Å². The summed E-state index contributed by atoms with van der Waals surface area (Å²) in [5, 5.41) is 4.66. The van der Waals surface area contributed by atoms with Crippen LogP contribution in [0.5, 0.6) is 5.75 Å². The fraction of sp³-hybridized carbons (Fsp3) is 0.200. The third kappa shape index (κ3) is 5.44. The van der Waals surface area contributed by atoms with Crippen molar-refractivity contribution in [1.29, 1.82) is 0 Å². The molecule has 0 aliphatic rings. The van der Waals surface area contributed by atoms with Gasteiger partial charge in [-0.3, -0.25) is 4.79 Å². The molecule has 7 nitrogen and oxygen atoms in total. The van der Waals surface area contributed by atoms with Crippen LogP contribution in [0.3, 0.4) is 0 Å². The number of ether oxygens (including phenoxy) is 1. The topological polar surface area (TPSA) is 90.3 Å². The van der Waals surface area contributed by atoms with Crippen molar-refractivity contribution in [3.63, 3.8) is 0 Å². The van der Waals surface area contributed by atoms with Crippen LogP contribution in [0.25, 0.3) is 11.3 Å². The normalized spacial score (nSPS) is 11.4. The van der Waals surface area contributed by atoms with E-state index in [0.717, 1.165) is 11.3 Å². The van der Waals surface area contributed by atoms with Crippen LogP contribution in [-0.4, -0.2) is 31.3 Å². The van der Waals surface area contributed by atoms with E-state index in [9.17, 15) is 13.2 Å². The average molecular weight is 434 g/mol. The summed E-state index contributed by atoms with van der Waals surface area (Å²) in [4.78, 5) is 12.2. The van der Waals surface area contributed by atoms with E-state index in [1.165, 1.54) is 22.9 Å². The highest BCUT2D eigenvalue weighted by molar-refractivity contribution is 7.89. The van der Waals surface area contributed by atoms with Gasteiger partial charge in [-0.05, 0) is 55.5 Å². The summed E-state index contributed by atoms with van der Waals surface area (Å²) < 4.78 is 33.8. The number of halogens is 1. The Hall–Kier alpha value is -2.68. The molecular weight excluding hydrogens is 414 g/mol. The standard InChI is InChI=1S/C20H20ClN3O4S/c1-2-28-17-8-6-15(7-9-17)19-10-11-20(25)24(23-19)13-12-22-29(26,27)18-5-3-4-16(21)14-18/h3-11,14,22H,2,12-13H2,1H3. The van der Waals surface area contributed by atoms with Gasteiger partial charge >= 0.3 is 0 Å². The minimum atomic E-state index is -3.73. The van der Waals surface area contributed by atoms with E-state index in [-0.39, 0.29) is 23.5 Å². The highest BCUT2D eigenvalue weighted by atomic mass is 35.5. The lowest BCUT2D eigenvalue weighted by molar-refractivity contribution is 0.340. The monoisotopic (exact) mass is 433 g/mol. The van der Waals surface area contributed by atoms with Gasteiger partial charge in [0.25, 0.3) is 5.56 Å². The molecule has 0 saturated carbocycles. The number of nitrogens with zero attached hydrogens (tertiary/aromatic N) is 2. The van der Waals surface area contributed by atoms with Crippen LogP contribution in [0.15, 0.2) is 70.4 Å².